The second-order valence-electron chi connectivity index (χ2n) is 5.16. The van der Waals surface area contributed by atoms with E-state index >= 15 is 0 Å². The smallest absolute Gasteiger partial charge is 0.227 e. The van der Waals surface area contributed by atoms with Crippen molar-refractivity contribution in [1.82, 2.24) is 5.32 Å². The summed E-state index contributed by atoms with van der Waals surface area (Å²) >= 11 is 0. The molecule has 0 aromatic heterocycles. The zero-order valence-corrected chi connectivity index (χ0v) is 11.5. The maximum Gasteiger partial charge on any atom is 0.227 e. The lowest BCUT2D eigenvalue weighted by atomic mass is 9.99. The highest BCUT2D eigenvalue weighted by Crippen LogP contribution is 2.39. The predicted molar refractivity (Wildman–Crippen MR) is 74.5 cm³/mol. The molecule has 1 fully saturated rings. The fraction of sp³-hybridized carbons (Fsp3) is 0.467. The summed E-state index contributed by atoms with van der Waals surface area (Å²) < 4.78 is 5.45. The summed E-state index contributed by atoms with van der Waals surface area (Å²) in [6.45, 7) is 2.12. The number of amides is 1. The molecule has 2 aliphatic heterocycles. The number of carbonyl (C=O) groups excluding carboxylic acids is 1. The monoisotopic (exact) mass is 271 g/mol. The molecule has 0 aliphatic carbocycles. The fourth-order valence-electron chi connectivity index (χ4n) is 3.01. The van der Waals surface area contributed by atoms with E-state index in [0.29, 0.717) is 30.8 Å². The Bertz CT molecular complexity index is 604. The Kier molecular flexibility index (Phi) is 3.33. The van der Waals surface area contributed by atoms with Crippen LogP contribution in [0.5, 0.6) is 5.75 Å². The van der Waals surface area contributed by atoms with Gasteiger partial charge in [0, 0.05) is 26.1 Å². The molecule has 1 N–H and O–H groups in total. The third kappa shape index (κ3) is 1.93. The van der Waals surface area contributed by atoms with Gasteiger partial charge in [-0.05, 0) is 30.0 Å². The molecule has 1 aromatic carbocycles. The molecule has 20 heavy (non-hydrogen) atoms. The van der Waals surface area contributed by atoms with Crippen molar-refractivity contribution >= 4 is 11.6 Å². The number of piperidine rings is 1. The van der Waals surface area contributed by atoms with E-state index in [1.165, 1.54) is 0 Å². The lowest BCUT2D eigenvalue weighted by Crippen LogP contribution is -2.35. The molecule has 2 heterocycles. The summed E-state index contributed by atoms with van der Waals surface area (Å²) in [7, 11) is 1.56. The molecular formula is C15H17N3O2. The van der Waals surface area contributed by atoms with Crippen molar-refractivity contribution in [3.05, 3.63) is 22.8 Å². The lowest BCUT2D eigenvalue weighted by molar-refractivity contribution is -0.119. The highest BCUT2D eigenvalue weighted by molar-refractivity contribution is 5.96. The third-order valence-electron chi connectivity index (χ3n) is 4.01. The number of nitrogens with one attached hydrogen (secondary N) is 1. The first kappa shape index (κ1) is 12.9. The van der Waals surface area contributed by atoms with Crippen LogP contribution in [0.25, 0.3) is 0 Å². The number of nitriles is 1. The fourth-order valence-corrected chi connectivity index (χ4v) is 3.01. The minimum atomic E-state index is 0.115. The Balaban J connectivity index is 2.15. The van der Waals surface area contributed by atoms with E-state index in [4.69, 9.17) is 4.74 Å². The molecule has 1 amide bonds. The van der Waals surface area contributed by atoms with Crippen molar-refractivity contribution < 1.29 is 9.53 Å². The Morgan fingerprint density at radius 2 is 2.25 bits per heavy atom. The largest absolute Gasteiger partial charge is 0.493 e. The van der Waals surface area contributed by atoms with Gasteiger partial charge in [0.2, 0.25) is 5.91 Å². The summed E-state index contributed by atoms with van der Waals surface area (Å²) in [5, 5.41) is 12.7. The Morgan fingerprint density at radius 1 is 1.40 bits per heavy atom. The first-order chi connectivity index (χ1) is 9.76. The van der Waals surface area contributed by atoms with Gasteiger partial charge in [0.25, 0.3) is 0 Å². The quantitative estimate of drug-likeness (QED) is 0.889. The van der Waals surface area contributed by atoms with Gasteiger partial charge in [-0.1, -0.05) is 0 Å². The minimum absolute atomic E-state index is 0.115. The number of methoxy groups -OCH3 is 1. The van der Waals surface area contributed by atoms with Crippen molar-refractivity contribution in [2.75, 3.05) is 18.6 Å². The number of fused-ring (bicyclic) bond motifs is 1. The highest BCUT2D eigenvalue weighted by atomic mass is 16.5. The van der Waals surface area contributed by atoms with Gasteiger partial charge >= 0.3 is 0 Å². The van der Waals surface area contributed by atoms with Gasteiger partial charge in [-0.15, -0.1) is 0 Å². The Labute approximate surface area is 118 Å². The maximum absolute atomic E-state index is 12.1. The molecule has 3 rings (SSSR count). The van der Waals surface area contributed by atoms with Crippen LogP contribution in [-0.4, -0.2) is 19.6 Å². The van der Waals surface area contributed by atoms with E-state index in [9.17, 15) is 10.1 Å². The van der Waals surface area contributed by atoms with Crippen molar-refractivity contribution in [2.45, 2.75) is 32.4 Å². The highest BCUT2D eigenvalue weighted by Gasteiger charge is 2.28. The van der Waals surface area contributed by atoms with E-state index in [1.807, 2.05) is 6.07 Å². The van der Waals surface area contributed by atoms with Gasteiger partial charge in [0.05, 0.1) is 12.8 Å². The van der Waals surface area contributed by atoms with Crippen molar-refractivity contribution in [3.8, 4) is 11.8 Å². The zero-order chi connectivity index (χ0) is 14.1. The Hall–Kier alpha value is -2.06. The summed E-state index contributed by atoms with van der Waals surface area (Å²) in [6.07, 6.45) is 2.50. The number of carbonyl (C=O) groups is 1. The summed E-state index contributed by atoms with van der Waals surface area (Å²) in [5.41, 5.74) is 3.40. The molecule has 104 valence electrons. The van der Waals surface area contributed by atoms with Crippen LogP contribution < -0.4 is 15.0 Å². The van der Waals surface area contributed by atoms with Gasteiger partial charge < -0.3 is 15.0 Å². The molecule has 0 radical (unpaired) electrons. The van der Waals surface area contributed by atoms with Crippen LogP contribution >= 0.6 is 0 Å². The average Bonchev–Trinajstić information content (AvgIpc) is 2.93. The molecule has 2 aliphatic rings. The number of ether oxygens (including phenoxy) is 1. The summed E-state index contributed by atoms with van der Waals surface area (Å²) in [5.74, 6) is 0.648. The number of benzene rings is 1. The van der Waals surface area contributed by atoms with Crippen LogP contribution in [0.1, 0.15) is 36.0 Å². The lowest BCUT2D eigenvalue weighted by Gasteiger charge is -2.29. The van der Waals surface area contributed by atoms with Gasteiger partial charge in [0.15, 0.2) is 5.75 Å². The average molecular weight is 271 g/mol. The van der Waals surface area contributed by atoms with Crippen molar-refractivity contribution in [1.29, 1.82) is 5.26 Å². The van der Waals surface area contributed by atoms with Gasteiger partial charge in [0.1, 0.15) is 11.6 Å². The van der Waals surface area contributed by atoms with E-state index in [2.05, 4.69) is 11.4 Å². The SMILES string of the molecule is COc1c(N2CCCCC2=O)cc2c(c1C#N)CNC2. The van der Waals surface area contributed by atoms with E-state index in [1.54, 1.807) is 12.0 Å². The van der Waals surface area contributed by atoms with Gasteiger partial charge in [-0.3, -0.25) is 4.79 Å². The number of hydrogen-bond acceptors (Lipinski definition) is 4. The molecule has 5 heteroatoms. The van der Waals surface area contributed by atoms with Crippen LogP contribution in [0.3, 0.4) is 0 Å². The molecule has 0 atom stereocenters. The van der Waals surface area contributed by atoms with Gasteiger partial charge in [-0.25, -0.2) is 0 Å². The molecular weight excluding hydrogens is 254 g/mol. The van der Waals surface area contributed by atoms with E-state index in [0.717, 1.165) is 36.2 Å². The molecule has 5 nitrogen and oxygen atoms in total. The molecule has 0 bridgehead atoms. The number of nitrogens with zero attached hydrogens (tertiary/aromatic N) is 2. The molecule has 0 spiro atoms. The molecule has 0 saturated carbocycles. The second kappa shape index (κ2) is 5.14. The van der Waals surface area contributed by atoms with Crippen LogP contribution in [0, 0.1) is 11.3 Å². The first-order valence-electron chi connectivity index (χ1n) is 6.90. The van der Waals surface area contributed by atoms with Crippen LogP contribution in [0.4, 0.5) is 5.69 Å². The third-order valence-corrected chi connectivity index (χ3v) is 4.01. The van der Waals surface area contributed by atoms with Crippen LogP contribution in [-0.2, 0) is 17.9 Å². The summed E-state index contributed by atoms with van der Waals surface area (Å²) in [6, 6.07) is 4.24. The normalized spacial score (nSPS) is 17.8. The van der Waals surface area contributed by atoms with Crippen molar-refractivity contribution in [3.63, 3.8) is 0 Å². The molecule has 1 aromatic rings. The van der Waals surface area contributed by atoms with Crippen LogP contribution in [0.15, 0.2) is 6.07 Å². The van der Waals surface area contributed by atoms with Gasteiger partial charge in [-0.2, -0.15) is 5.26 Å². The number of hydrogen-bond donors (Lipinski definition) is 1. The first-order valence-corrected chi connectivity index (χ1v) is 6.90. The predicted octanol–water partition coefficient (Wildman–Crippen LogP) is 1.69. The van der Waals surface area contributed by atoms with E-state index in [-0.39, 0.29) is 5.91 Å². The number of anilines is 1. The van der Waals surface area contributed by atoms with Crippen molar-refractivity contribution in [2.24, 2.45) is 0 Å². The van der Waals surface area contributed by atoms with E-state index < -0.39 is 0 Å². The second-order valence-corrected chi connectivity index (χ2v) is 5.16. The topological polar surface area (TPSA) is 65.4 Å². The molecule has 1 saturated heterocycles. The van der Waals surface area contributed by atoms with Crippen LogP contribution in [0.2, 0.25) is 0 Å². The minimum Gasteiger partial charge on any atom is -0.493 e. The zero-order valence-electron chi connectivity index (χ0n) is 11.5. The number of rotatable bonds is 2. The molecule has 0 unspecified atom stereocenters. The maximum atomic E-state index is 12.1. The standard InChI is InChI=1S/C15H17N3O2/c1-20-15-11(7-16)12-9-17-8-10(12)6-13(15)18-5-3-2-4-14(18)19/h6,17H,2-5,8-9H2,1H3. The Morgan fingerprint density at radius 3 is 2.95 bits per heavy atom. The summed E-state index contributed by atoms with van der Waals surface area (Å²) in [4.78, 5) is 13.9.